The zero-order valence-corrected chi connectivity index (χ0v) is 16.0. The van der Waals surface area contributed by atoms with E-state index < -0.39 is 5.97 Å². The molecule has 1 aliphatic rings. The molecule has 5 nitrogen and oxygen atoms in total. The van der Waals surface area contributed by atoms with Crippen LogP contribution >= 0.6 is 0 Å². The van der Waals surface area contributed by atoms with Crippen molar-refractivity contribution in [2.75, 3.05) is 7.11 Å². The number of carbonyl (C=O) groups excluding carboxylic acids is 2. The molecule has 0 aromatic heterocycles. The van der Waals surface area contributed by atoms with Gasteiger partial charge in [0.1, 0.15) is 17.2 Å². The molecule has 144 valence electrons. The van der Waals surface area contributed by atoms with Crippen molar-refractivity contribution >= 4 is 17.8 Å². The highest BCUT2D eigenvalue weighted by atomic mass is 16.5. The lowest BCUT2D eigenvalue weighted by Crippen LogP contribution is -2.08. The quantitative estimate of drug-likeness (QED) is 0.365. The van der Waals surface area contributed by atoms with Gasteiger partial charge in [-0.2, -0.15) is 0 Å². The summed E-state index contributed by atoms with van der Waals surface area (Å²) >= 11 is 0. The Labute approximate surface area is 168 Å². The van der Waals surface area contributed by atoms with E-state index in [-0.39, 0.29) is 11.5 Å². The lowest BCUT2D eigenvalue weighted by atomic mass is 10.1. The van der Waals surface area contributed by atoms with Gasteiger partial charge in [0.05, 0.1) is 18.2 Å². The maximum absolute atomic E-state index is 12.6. The second-order valence-corrected chi connectivity index (χ2v) is 6.63. The molecule has 0 aliphatic carbocycles. The molecule has 0 saturated heterocycles. The predicted molar refractivity (Wildman–Crippen MR) is 109 cm³/mol. The van der Waals surface area contributed by atoms with Crippen LogP contribution in [-0.4, -0.2) is 18.9 Å². The summed E-state index contributed by atoms with van der Waals surface area (Å²) in [5, 5.41) is 0. The molecule has 0 radical (unpaired) electrons. The minimum Gasteiger partial charge on any atom is -0.497 e. The van der Waals surface area contributed by atoms with Gasteiger partial charge in [0.2, 0.25) is 5.78 Å². The Bertz CT molecular complexity index is 1130. The molecule has 3 aromatic carbocycles. The van der Waals surface area contributed by atoms with Crippen LogP contribution in [0.4, 0.5) is 0 Å². The summed E-state index contributed by atoms with van der Waals surface area (Å²) in [5.74, 6) is 0.855. The molecular formula is C24H18O5. The summed E-state index contributed by atoms with van der Waals surface area (Å²) < 4.78 is 16.2. The monoisotopic (exact) mass is 386 g/mol. The average molecular weight is 386 g/mol. The van der Waals surface area contributed by atoms with Crippen molar-refractivity contribution in [3.05, 3.63) is 94.7 Å². The Morgan fingerprint density at radius 3 is 2.45 bits per heavy atom. The molecule has 0 spiro atoms. The summed E-state index contributed by atoms with van der Waals surface area (Å²) in [6, 6.07) is 19.1. The zero-order chi connectivity index (χ0) is 20.4. The third-order valence-electron chi connectivity index (χ3n) is 4.52. The number of ether oxygens (including phenoxy) is 3. The van der Waals surface area contributed by atoms with E-state index in [2.05, 4.69) is 0 Å². The first-order chi connectivity index (χ1) is 14.0. The van der Waals surface area contributed by atoms with E-state index in [9.17, 15) is 9.59 Å². The number of methoxy groups -OCH3 is 1. The topological polar surface area (TPSA) is 61.8 Å². The first-order valence-corrected chi connectivity index (χ1v) is 9.05. The number of esters is 1. The highest BCUT2D eigenvalue weighted by molar-refractivity contribution is 6.14. The van der Waals surface area contributed by atoms with Crippen molar-refractivity contribution in [2.24, 2.45) is 0 Å². The molecule has 3 aromatic rings. The Kier molecular flexibility index (Phi) is 4.87. The predicted octanol–water partition coefficient (Wildman–Crippen LogP) is 4.84. The molecule has 0 unspecified atom stereocenters. The highest BCUT2D eigenvalue weighted by Gasteiger charge is 2.28. The van der Waals surface area contributed by atoms with E-state index in [1.807, 2.05) is 31.2 Å². The number of benzene rings is 3. The standard InChI is InChI=1S/C24H18O5/c1-15-4-3-5-16(12-15)13-22-23(25)20-11-10-19(14-21(20)29-22)28-24(26)17-6-8-18(27-2)9-7-17/h3-14H,1-2H3/b22-13-. The minimum absolute atomic E-state index is 0.200. The van der Waals surface area contributed by atoms with Crippen LogP contribution in [0.2, 0.25) is 0 Å². The van der Waals surface area contributed by atoms with Crippen LogP contribution in [0.15, 0.2) is 72.5 Å². The van der Waals surface area contributed by atoms with Crippen LogP contribution < -0.4 is 14.2 Å². The maximum Gasteiger partial charge on any atom is 0.343 e. The largest absolute Gasteiger partial charge is 0.497 e. The van der Waals surface area contributed by atoms with Gasteiger partial charge in [-0.15, -0.1) is 0 Å². The molecule has 1 heterocycles. The summed E-state index contributed by atoms with van der Waals surface area (Å²) in [7, 11) is 1.56. The number of carbonyl (C=O) groups is 2. The van der Waals surface area contributed by atoms with E-state index in [1.54, 1.807) is 55.7 Å². The van der Waals surface area contributed by atoms with Crippen LogP contribution in [0.1, 0.15) is 31.8 Å². The van der Waals surface area contributed by atoms with Crippen molar-refractivity contribution in [2.45, 2.75) is 6.92 Å². The van der Waals surface area contributed by atoms with Gasteiger partial charge >= 0.3 is 5.97 Å². The maximum atomic E-state index is 12.6. The molecule has 5 heteroatoms. The molecule has 0 N–H and O–H groups in total. The Hall–Kier alpha value is -3.86. The average Bonchev–Trinajstić information content (AvgIpc) is 3.03. The molecule has 4 rings (SSSR count). The van der Waals surface area contributed by atoms with Gasteiger partial charge in [-0.05, 0) is 55.0 Å². The second-order valence-electron chi connectivity index (χ2n) is 6.63. The molecule has 1 aliphatic heterocycles. The molecule has 0 amide bonds. The lowest BCUT2D eigenvalue weighted by Gasteiger charge is -2.06. The van der Waals surface area contributed by atoms with Gasteiger partial charge in [0.15, 0.2) is 5.76 Å². The molecule has 29 heavy (non-hydrogen) atoms. The summed E-state index contributed by atoms with van der Waals surface area (Å²) in [5.41, 5.74) is 2.80. The van der Waals surface area contributed by atoms with Gasteiger partial charge in [-0.1, -0.05) is 29.8 Å². The first-order valence-electron chi connectivity index (χ1n) is 9.05. The molecule has 0 atom stereocenters. The van der Waals surface area contributed by atoms with Gasteiger partial charge in [0, 0.05) is 6.07 Å². The SMILES string of the molecule is COc1ccc(C(=O)Oc2ccc3c(c2)O/C(=C\c2cccc(C)c2)C3=O)cc1. The Morgan fingerprint density at radius 1 is 0.966 bits per heavy atom. The number of aryl methyl sites for hydroxylation is 1. The van der Waals surface area contributed by atoms with Crippen molar-refractivity contribution in [1.29, 1.82) is 0 Å². The van der Waals surface area contributed by atoms with Crippen molar-refractivity contribution < 1.29 is 23.8 Å². The fraction of sp³-hybridized carbons (Fsp3) is 0.0833. The van der Waals surface area contributed by atoms with E-state index >= 15 is 0 Å². The number of ketones is 1. The summed E-state index contributed by atoms with van der Waals surface area (Å²) in [6.45, 7) is 1.98. The zero-order valence-electron chi connectivity index (χ0n) is 16.0. The number of Topliss-reactive ketones (excluding diaryl/α,β-unsaturated/α-hetero) is 1. The van der Waals surface area contributed by atoms with Gasteiger partial charge in [-0.3, -0.25) is 4.79 Å². The summed E-state index contributed by atoms with van der Waals surface area (Å²) in [4.78, 5) is 24.9. The number of rotatable bonds is 4. The van der Waals surface area contributed by atoms with Crippen molar-refractivity contribution in [3.8, 4) is 17.2 Å². The molecule has 0 saturated carbocycles. The Morgan fingerprint density at radius 2 is 1.72 bits per heavy atom. The van der Waals surface area contributed by atoms with Crippen LogP contribution in [0, 0.1) is 6.92 Å². The summed E-state index contributed by atoms with van der Waals surface area (Å²) in [6.07, 6.45) is 1.71. The lowest BCUT2D eigenvalue weighted by molar-refractivity contribution is 0.0734. The normalized spacial score (nSPS) is 13.7. The first kappa shape index (κ1) is 18.5. The second kappa shape index (κ2) is 7.64. The Balaban J connectivity index is 1.53. The molecular weight excluding hydrogens is 368 g/mol. The number of fused-ring (bicyclic) bond motifs is 1. The van der Waals surface area contributed by atoms with Gasteiger partial charge in [0.25, 0.3) is 0 Å². The van der Waals surface area contributed by atoms with E-state index in [1.165, 1.54) is 0 Å². The van der Waals surface area contributed by atoms with Gasteiger partial charge < -0.3 is 14.2 Å². The molecule has 0 bridgehead atoms. The van der Waals surface area contributed by atoms with E-state index in [0.717, 1.165) is 11.1 Å². The minimum atomic E-state index is -0.507. The smallest absolute Gasteiger partial charge is 0.343 e. The fourth-order valence-corrected chi connectivity index (χ4v) is 3.04. The van der Waals surface area contributed by atoms with Crippen LogP contribution in [0.5, 0.6) is 17.2 Å². The third kappa shape index (κ3) is 3.89. The number of hydrogen-bond donors (Lipinski definition) is 0. The van der Waals surface area contributed by atoms with Gasteiger partial charge in [-0.25, -0.2) is 4.79 Å². The molecule has 0 fully saturated rings. The van der Waals surface area contributed by atoms with Crippen molar-refractivity contribution in [3.63, 3.8) is 0 Å². The van der Waals surface area contributed by atoms with E-state index in [0.29, 0.717) is 28.4 Å². The van der Waals surface area contributed by atoms with Crippen LogP contribution in [0.25, 0.3) is 6.08 Å². The van der Waals surface area contributed by atoms with E-state index in [4.69, 9.17) is 14.2 Å². The van der Waals surface area contributed by atoms with Crippen LogP contribution in [-0.2, 0) is 0 Å². The van der Waals surface area contributed by atoms with Crippen molar-refractivity contribution in [1.82, 2.24) is 0 Å². The van der Waals surface area contributed by atoms with Crippen LogP contribution in [0.3, 0.4) is 0 Å². The fourth-order valence-electron chi connectivity index (χ4n) is 3.04. The third-order valence-corrected chi connectivity index (χ3v) is 4.52. The highest BCUT2D eigenvalue weighted by Crippen LogP contribution is 2.35. The number of hydrogen-bond acceptors (Lipinski definition) is 5. The number of allylic oxidation sites excluding steroid dienone is 1.